The Kier molecular flexibility index (Phi) is 5.46. The number of ether oxygens (including phenoxy) is 1. The Morgan fingerprint density at radius 1 is 1.22 bits per heavy atom. The van der Waals surface area contributed by atoms with E-state index in [9.17, 15) is 18.8 Å². The molecule has 2 N–H and O–H groups in total. The average molecular weight is 371 g/mol. The number of carbonyl (C=O) groups excluding carboxylic acids is 3. The number of amides is 3. The molecule has 8 heteroatoms. The maximum absolute atomic E-state index is 13.2. The minimum absolute atomic E-state index is 0.0977. The summed E-state index contributed by atoms with van der Waals surface area (Å²) in [6.45, 7) is 2.29. The van der Waals surface area contributed by atoms with E-state index in [1.54, 1.807) is 24.3 Å². The van der Waals surface area contributed by atoms with Crippen LogP contribution in [0.5, 0.6) is 5.75 Å². The fourth-order valence-electron chi connectivity index (χ4n) is 2.75. The zero-order valence-corrected chi connectivity index (χ0v) is 14.6. The fraction of sp³-hybridized carbons (Fsp3) is 0.211. The Labute approximate surface area is 155 Å². The first kappa shape index (κ1) is 18.5. The van der Waals surface area contributed by atoms with Crippen molar-refractivity contribution in [2.24, 2.45) is 0 Å². The molecular weight excluding hydrogens is 353 g/mol. The highest BCUT2D eigenvalue weighted by Gasteiger charge is 2.39. The molecule has 1 fully saturated rings. The Bertz CT molecular complexity index is 887. The van der Waals surface area contributed by atoms with Gasteiger partial charge in [0.05, 0.1) is 18.7 Å². The van der Waals surface area contributed by atoms with E-state index in [1.165, 1.54) is 18.2 Å². The second-order valence-electron chi connectivity index (χ2n) is 5.86. The lowest BCUT2D eigenvalue weighted by atomic mass is 10.2. The molecule has 0 spiro atoms. The van der Waals surface area contributed by atoms with Gasteiger partial charge in [0.1, 0.15) is 17.6 Å². The van der Waals surface area contributed by atoms with Gasteiger partial charge in [0.25, 0.3) is 11.8 Å². The lowest BCUT2D eigenvalue weighted by molar-refractivity contribution is -0.121. The Morgan fingerprint density at radius 2 is 2.00 bits per heavy atom. The molecule has 0 saturated carbocycles. The lowest BCUT2D eigenvalue weighted by Crippen LogP contribution is -2.48. The third-order valence-electron chi connectivity index (χ3n) is 3.98. The lowest BCUT2D eigenvalue weighted by Gasteiger charge is -2.17. The first-order valence-electron chi connectivity index (χ1n) is 8.40. The number of anilines is 1. The minimum atomic E-state index is -0.911. The quantitative estimate of drug-likeness (QED) is 0.597. The van der Waals surface area contributed by atoms with Crippen LogP contribution in [0.2, 0.25) is 0 Å². The third-order valence-corrected chi connectivity index (χ3v) is 3.98. The molecule has 27 heavy (non-hydrogen) atoms. The fourth-order valence-corrected chi connectivity index (χ4v) is 2.75. The zero-order valence-electron chi connectivity index (χ0n) is 14.6. The van der Waals surface area contributed by atoms with Crippen LogP contribution in [0.4, 0.5) is 10.1 Å². The summed E-state index contributed by atoms with van der Waals surface area (Å²) in [7, 11) is 0. The largest absolute Gasteiger partial charge is 0.494 e. The monoisotopic (exact) mass is 371 g/mol. The highest BCUT2D eigenvalue weighted by Crippen LogP contribution is 2.26. The van der Waals surface area contributed by atoms with Crippen molar-refractivity contribution >= 4 is 23.4 Å². The van der Waals surface area contributed by atoms with E-state index in [0.29, 0.717) is 18.0 Å². The van der Waals surface area contributed by atoms with Crippen molar-refractivity contribution in [2.75, 3.05) is 11.5 Å². The number of nitrogens with zero attached hydrogens (tertiary/aromatic N) is 1. The summed E-state index contributed by atoms with van der Waals surface area (Å²) in [5, 5.41) is 0. The van der Waals surface area contributed by atoms with Gasteiger partial charge >= 0.3 is 0 Å². The van der Waals surface area contributed by atoms with Gasteiger partial charge in [0.15, 0.2) is 0 Å². The molecule has 2 aromatic rings. The third kappa shape index (κ3) is 4.12. The molecule has 2 aromatic carbocycles. The molecule has 1 unspecified atom stereocenters. The number of imide groups is 1. The van der Waals surface area contributed by atoms with Crippen molar-refractivity contribution in [2.45, 2.75) is 19.4 Å². The SMILES string of the molecule is CCOc1cccc(N2C(=O)CC(NNC(=O)c3cccc(F)c3)C2=O)c1. The molecule has 0 bridgehead atoms. The molecule has 1 aliphatic heterocycles. The predicted octanol–water partition coefficient (Wildman–Crippen LogP) is 1.79. The van der Waals surface area contributed by atoms with Crippen LogP contribution in [0.25, 0.3) is 0 Å². The minimum Gasteiger partial charge on any atom is -0.494 e. The number of hydrogen-bond acceptors (Lipinski definition) is 5. The number of hydrazine groups is 1. The van der Waals surface area contributed by atoms with Gasteiger partial charge in [0, 0.05) is 11.6 Å². The van der Waals surface area contributed by atoms with Gasteiger partial charge in [0.2, 0.25) is 5.91 Å². The zero-order chi connectivity index (χ0) is 19.4. The van der Waals surface area contributed by atoms with E-state index >= 15 is 0 Å². The summed E-state index contributed by atoms with van der Waals surface area (Å²) < 4.78 is 18.6. The molecule has 3 amide bonds. The number of halogens is 1. The van der Waals surface area contributed by atoms with Gasteiger partial charge < -0.3 is 4.74 Å². The van der Waals surface area contributed by atoms with Crippen LogP contribution >= 0.6 is 0 Å². The Balaban J connectivity index is 1.67. The number of benzene rings is 2. The number of rotatable bonds is 6. The molecular formula is C19H18FN3O4. The van der Waals surface area contributed by atoms with Gasteiger partial charge in [-0.2, -0.15) is 0 Å². The normalized spacial score (nSPS) is 16.5. The van der Waals surface area contributed by atoms with E-state index < -0.39 is 29.6 Å². The van der Waals surface area contributed by atoms with Crippen molar-refractivity contribution in [3.63, 3.8) is 0 Å². The highest BCUT2D eigenvalue weighted by atomic mass is 19.1. The van der Waals surface area contributed by atoms with Crippen LogP contribution in [0.1, 0.15) is 23.7 Å². The van der Waals surface area contributed by atoms with Crippen molar-refractivity contribution in [1.29, 1.82) is 0 Å². The van der Waals surface area contributed by atoms with Crippen LogP contribution in [0.3, 0.4) is 0 Å². The highest BCUT2D eigenvalue weighted by molar-refractivity contribution is 6.22. The van der Waals surface area contributed by atoms with E-state index in [4.69, 9.17) is 4.74 Å². The first-order chi connectivity index (χ1) is 13.0. The second-order valence-corrected chi connectivity index (χ2v) is 5.86. The molecule has 0 radical (unpaired) electrons. The maximum atomic E-state index is 13.2. The topological polar surface area (TPSA) is 87.7 Å². The van der Waals surface area contributed by atoms with Crippen molar-refractivity contribution in [3.8, 4) is 5.75 Å². The number of carbonyl (C=O) groups is 3. The molecule has 1 heterocycles. The number of nitrogens with one attached hydrogen (secondary N) is 2. The second kappa shape index (κ2) is 7.96. The molecule has 0 aliphatic carbocycles. The van der Waals surface area contributed by atoms with E-state index in [0.717, 1.165) is 11.0 Å². The average Bonchev–Trinajstić information content (AvgIpc) is 2.93. The Morgan fingerprint density at radius 3 is 2.74 bits per heavy atom. The van der Waals surface area contributed by atoms with Crippen LogP contribution in [0.15, 0.2) is 48.5 Å². The molecule has 3 rings (SSSR count). The molecule has 1 aliphatic rings. The summed E-state index contributed by atoms with van der Waals surface area (Å²) >= 11 is 0. The van der Waals surface area contributed by atoms with E-state index in [-0.39, 0.29) is 12.0 Å². The van der Waals surface area contributed by atoms with Crippen LogP contribution in [-0.4, -0.2) is 30.4 Å². The van der Waals surface area contributed by atoms with Crippen LogP contribution < -0.4 is 20.5 Å². The van der Waals surface area contributed by atoms with Crippen LogP contribution in [-0.2, 0) is 9.59 Å². The van der Waals surface area contributed by atoms with Gasteiger partial charge in [-0.25, -0.2) is 14.7 Å². The van der Waals surface area contributed by atoms with Gasteiger partial charge in [-0.3, -0.25) is 19.8 Å². The number of hydrogen-bond donors (Lipinski definition) is 2. The van der Waals surface area contributed by atoms with Gasteiger partial charge in [-0.1, -0.05) is 12.1 Å². The maximum Gasteiger partial charge on any atom is 0.265 e. The van der Waals surface area contributed by atoms with Gasteiger partial charge in [-0.15, -0.1) is 0 Å². The Hall–Kier alpha value is -3.26. The summed E-state index contributed by atoms with van der Waals surface area (Å²) in [6.07, 6.45) is -0.110. The molecule has 7 nitrogen and oxygen atoms in total. The summed E-state index contributed by atoms with van der Waals surface area (Å²) in [5.41, 5.74) is 5.39. The van der Waals surface area contributed by atoms with E-state index in [2.05, 4.69) is 10.9 Å². The first-order valence-corrected chi connectivity index (χ1v) is 8.40. The van der Waals surface area contributed by atoms with Crippen molar-refractivity contribution in [1.82, 2.24) is 10.9 Å². The summed E-state index contributed by atoms with van der Waals surface area (Å²) in [6, 6.07) is 10.9. The molecule has 1 saturated heterocycles. The van der Waals surface area contributed by atoms with Crippen molar-refractivity contribution in [3.05, 3.63) is 59.9 Å². The molecule has 140 valence electrons. The molecule has 0 aromatic heterocycles. The molecule has 1 atom stereocenters. The van der Waals surface area contributed by atoms with E-state index in [1.807, 2.05) is 6.92 Å². The summed E-state index contributed by atoms with van der Waals surface area (Å²) in [4.78, 5) is 38.0. The predicted molar refractivity (Wildman–Crippen MR) is 95.5 cm³/mol. The van der Waals surface area contributed by atoms with Crippen molar-refractivity contribution < 1.29 is 23.5 Å². The van der Waals surface area contributed by atoms with Crippen LogP contribution in [0, 0.1) is 5.82 Å². The summed E-state index contributed by atoms with van der Waals surface area (Å²) in [5.74, 6) is -1.49. The van der Waals surface area contributed by atoms with Gasteiger partial charge in [-0.05, 0) is 37.3 Å². The smallest absolute Gasteiger partial charge is 0.265 e. The standard InChI is InChI=1S/C19H18FN3O4/c1-2-27-15-8-4-7-14(10-15)23-17(24)11-16(19(23)26)21-22-18(25)12-5-3-6-13(20)9-12/h3-10,16,21H,2,11H2,1H3,(H,22,25).